The van der Waals surface area contributed by atoms with Crippen molar-refractivity contribution in [1.82, 2.24) is 9.97 Å². The molecule has 3 rings (SSSR count). The monoisotopic (exact) mass is 317 g/mol. The fraction of sp³-hybridized carbons (Fsp3) is 0.722. The minimum Gasteiger partial charge on any atom is -0.474 e. The molecule has 0 aromatic carbocycles. The third-order valence-electron chi connectivity index (χ3n) is 4.66. The summed E-state index contributed by atoms with van der Waals surface area (Å²) >= 11 is 0. The summed E-state index contributed by atoms with van der Waals surface area (Å²) in [5, 5.41) is 4.27. The van der Waals surface area contributed by atoms with Gasteiger partial charge in [0.25, 0.3) is 0 Å². The van der Waals surface area contributed by atoms with Gasteiger partial charge in [-0.25, -0.2) is 9.97 Å². The molecule has 5 nitrogen and oxygen atoms in total. The molecule has 1 saturated carbocycles. The fourth-order valence-corrected chi connectivity index (χ4v) is 3.23. The van der Waals surface area contributed by atoms with Gasteiger partial charge in [0, 0.05) is 5.56 Å². The van der Waals surface area contributed by atoms with Crippen LogP contribution in [0.25, 0.3) is 0 Å². The molecule has 126 valence electrons. The molecule has 1 aromatic heterocycles. The van der Waals surface area contributed by atoms with Crippen molar-refractivity contribution < 1.29 is 9.57 Å². The van der Waals surface area contributed by atoms with Crippen LogP contribution in [0.1, 0.15) is 69.5 Å². The maximum Gasteiger partial charge on any atom is 0.220 e. The average molecular weight is 317 g/mol. The van der Waals surface area contributed by atoms with Crippen LogP contribution >= 0.6 is 0 Å². The standard InChI is InChI=1S/C18H27N3O2/c1-2-3-12-22-21-14-8-10-15(11-9-14)23-18-16-6-4-5-7-17(16)19-13-20-18/h13,15H,2-12H2,1H3. The minimum atomic E-state index is 0.241. The Hall–Kier alpha value is -1.65. The first-order valence-corrected chi connectivity index (χ1v) is 9.04. The fourth-order valence-electron chi connectivity index (χ4n) is 3.23. The van der Waals surface area contributed by atoms with Gasteiger partial charge >= 0.3 is 0 Å². The molecule has 0 N–H and O–H groups in total. The molecule has 0 bridgehead atoms. The van der Waals surface area contributed by atoms with E-state index in [2.05, 4.69) is 22.0 Å². The van der Waals surface area contributed by atoms with E-state index in [1.54, 1.807) is 6.33 Å². The molecule has 0 unspecified atom stereocenters. The van der Waals surface area contributed by atoms with Gasteiger partial charge in [-0.15, -0.1) is 0 Å². The van der Waals surface area contributed by atoms with Crippen molar-refractivity contribution in [2.24, 2.45) is 5.16 Å². The lowest BCUT2D eigenvalue weighted by Crippen LogP contribution is -2.25. The zero-order valence-electron chi connectivity index (χ0n) is 14.1. The lowest BCUT2D eigenvalue weighted by molar-refractivity contribution is 0.134. The third kappa shape index (κ3) is 4.43. The molecule has 5 heteroatoms. The van der Waals surface area contributed by atoms with Crippen LogP contribution in [0.2, 0.25) is 0 Å². The number of aromatic nitrogens is 2. The average Bonchev–Trinajstić information content (AvgIpc) is 2.60. The molecule has 0 aliphatic heterocycles. The van der Waals surface area contributed by atoms with E-state index in [-0.39, 0.29) is 6.10 Å². The number of unbranched alkanes of at least 4 members (excludes halogenated alkanes) is 1. The van der Waals surface area contributed by atoms with E-state index < -0.39 is 0 Å². The van der Waals surface area contributed by atoms with Crippen molar-refractivity contribution in [3.63, 3.8) is 0 Å². The summed E-state index contributed by atoms with van der Waals surface area (Å²) in [6, 6.07) is 0. The molecule has 1 heterocycles. The Morgan fingerprint density at radius 3 is 2.78 bits per heavy atom. The molecule has 0 atom stereocenters. The van der Waals surface area contributed by atoms with Gasteiger partial charge in [-0.2, -0.15) is 0 Å². The van der Waals surface area contributed by atoms with Gasteiger partial charge in [-0.3, -0.25) is 0 Å². The minimum absolute atomic E-state index is 0.241. The van der Waals surface area contributed by atoms with Crippen LogP contribution in [0.4, 0.5) is 0 Å². The smallest absolute Gasteiger partial charge is 0.220 e. The van der Waals surface area contributed by atoms with Crippen molar-refractivity contribution in [3.8, 4) is 5.88 Å². The predicted octanol–water partition coefficient (Wildman–Crippen LogP) is 3.85. The number of hydrogen-bond donors (Lipinski definition) is 0. The van der Waals surface area contributed by atoms with Crippen LogP contribution in [0.3, 0.4) is 0 Å². The number of fused-ring (bicyclic) bond motifs is 1. The Balaban J connectivity index is 1.51. The lowest BCUT2D eigenvalue weighted by Gasteiger charge is -2.25. The first-order chi connectivity index (χ1) is 11.4. The number of nitrogens with zero attached hydrogens (tertiary/aromatic N) is 3. The van der Waals surface area contributed by atoms with Gasteiger partial charge in [-0.05, 0) is 57.8 Å². The second-order valence-electron chi connectivity index (χ2n) is 6.47. The highest BCUT2D eigenvalue weighted by Crippen LogP contribution is 2.29. The van der Waals surface area contributed by atoms with E-state index in [4.69, 9.17) is 9.57 Å². The summed E-state index contributed by atoms with van der Waals surface area (Å²) in [6.07, 6.45) is 12.6. The van der Waals surface area contributed by atoms with Crippen LogP contribution < -0.4 is 4.74 Å². The number of hydrogen-bond acceptors (Lipinski definition) is 5. The maximum atomic E-state index is 6.20. The summed E-state index contributed by atoms with van der Waals surface area (Å²) in [4.78, 5) is 14.2. The number of aryl methyl sites for hydroxylation is 1. The van der Waals surface area contributed by atoms with Gasteiger partial charge < -0.3 is 9.57 Å². The van der Waals surface area contributed by atoms with Gasteiger partial charge in [0.1, 0.15) is 19.0 Å². The van der Waals surface area contributed by atoms with E-state index >= 15 is 0 Å². The molecule has 0 saturated heterocycles. The molecule has 2 aliphatic rings. The van der Waals surface area contributed by atoms with Crippen molar-refractivity contribution in [1.29, 1.82) is 0 Å². The van der Waals surface area contributed by atoms with Gasteiger partial charge in [0.05, 0.1) is 11.4 Å². The summed E-state index contributed by atoms with van der Waals surface area (Å²) < 4.78 is 6.20. The van der Waals surface area contributed by atoms with Crippen LogP contribution in [0.15, 0.2) is 11.5 Å². The number of rotatable bonds is 6. The Morgan fingerprint density at radius 2 is 1.96 bits per heavy atom. The van der Waals surface area contributed by atoms with E-state index in [1.165, 1.54) is 29.8 Å². The van der Waals surface area contributed by atoms with Gasteiger partial charge in [0.2, 0.25) is 5.88 Å². The lowest BCUT2D eigenvalue weighted by atomic mass is 9.95. The molecular weight excluding hydrogens is 290 g/mol. The molecule has 23 heavy (non-hydrogen) atoms. The zero-order chi connectivity index (χ0) is 15.9. The zero-order valence-corrected chi connectivity index (χ0v) is 14.1. The van der Waals surface area contributed by atoms with Gasteiger partial charge in [0.15, 0.2) is 0 Å². The second-order valence-corrected chi connectivity index (χ2v) is 6.47. The van der Waals surface area contributed by atoms with Crippen LogP contribution in [-0.2, 0) is 17.7 Å². The molecule has 1 aromatic rings. The van der Waals surface area contributed by atoms with Crippen molar-refractivity contribution in [3.05, 3.63) is 17.6 Å². The summed E-state index contributed by atoms with van der Waals surface area (Å²) in [7, 11) is 0. The molecular formula is C18H27N3O2. The molecule has 0 amide bonds. The van der Waals surface area contributed by atoms with E-state index in [0.717, 1.165) is 63.9 Å². The molecule has 1 fully saturated rings. The SMILES string of the molecule is CCCCON=C1CCC(Oc2ncnc3c2CCCC3)CC1. The number of oxime groups is 1. The Labute approximate surface area is 138 Å². The molecule has 0 spiro atoms. The topological polar surface area (TPSA) is 56.6 Å². The predicted molar refractivity (Wildman–Crippen MR) is 89.9 cm³/mol. The van der Waals surface area contributed by atoms with Crippen LogP contribution in [-0.4, -0.2) is 28.4 Å². The quantitative estimate of drug-likeness (QED) is 0.591. The first-order valence-electron chi connectivity index (χ1n) is 9.04. The number of ether oxygens (including phenoxy) is 1. The molecule has 2 aliphatic carbocycles. The van der Waals surface area contributed by atoms with Crippen LogP contribution in [0, 0.1) is 0 Å². The highest BCUT2D eigenvalue weighted by Gasteiger charge is 2.23. The normalized spacial score (nSPS) is 20.7. The second kappa shape index (κ2) is 8.27. The third-order valence-corrected chi connectivity index (χ3v) is 4.66. The van der Waals surface area contributed by atoms with Crippen LogP contribution in [0.5, 0.6) is 5.88 Å². The Morgan fingerprint density at radius 1 is 1.13 bits per heavy atom. The van der Waals surface area contributed by atoms with E-state index in [0.29, 0.717) is 0 Å². The summed E-state index contributed by atoms with van der Waals surface area (Å²) in [5.41, 5.74) is 3.59. The van der Waals surface area contributed by atoms with E-state index in [1.807, 2.05) is 0 Å². The Kier molecular flexibility index (Phi) is 5.83. The highest BCUT2D eigenvalue weighted by molar-refractivity contribution is 5.84. The first kappa shape index (κ1) is 16.2. The summed E-state index contributed by atoms with van der Waals surface area (Å²) in [6.45, 7) is 2.89. The molecule has 0 radical (unpaired) electrons. The van der Waals surface area contributed by atoms with E-state index in [9.17, 15) is 0 Å². The van der Waals surface area contributed by atoms with Crippen molar-refractivity contribution in [2.45, 2.75) is 77.2 Å². The summed E-state index contributed by atoms with van der Waals surface area (Å²) in [5.74, 6) is 0.819. The largest absolute Gasteiger partial charge is 0.474 e. The highest BCUT2D eigenvalue weighted by atomic mass is 16.6. The maximum absolute atomic E-state index is 6.20. The van der Waals surface area contributed by atoms with Crippen molar-refractivity contribution >= 4 is 5.71 Å². The Bertz CT molecular complexity index is 535. The van der Waals surface area contributed by atoms with Crippen molar-refractivity contribution in [2.75, 3.05) is 6.61 Å². The van der Waals surface area contributed by atoms with Gasteiger partial charge in [-0.1, -0.05) is 18.5 Å².